The van der Waals surface area contributed by atoms with Gasteiger partial charge in [0.2, 0.25) is 5.91 Å². The molecule has 0 heterocycles. The van der Waals surface area contributed by atoms with Gasteiger partial charge in [-0.2, -0.15) is 13.2 Å². The van der Waals surface area contributed by atoms with Crippen LogP contribution in [0.2, 0.25) is 0 Å². The molecular formula is C11H14F3N3O. The number of anilines is 2. The zero-order valence-electron chi connectivity index (χ0n) is 9.55. The third kappa shape index (κ3) is 3.92. The third-order valence-corrected chi connectivity index (χ3v) is 2.26. The summed E-state index contributed by atoms with van der Waals surface area (Å²) in [5.41, 5.74) is 9.90. The van der Waals surface area contributed by atoms with Crippen molar-refractivity contribution < 1.29 is 18.0 Å². The minimum absolute atomic E-state index is 0.120. The molecule has 0 fully saturated rings. The van der Waals surface area contributed by atoms with Gasteiger partial charge in [0.05, 0.1) is 16.9 Å². The predicted molar refractivity (Wildman–Crippen MR) is 62.8 cm³/mol. The van der Waals surface area contributed by atoms with Crippen LogP contribution >= 0.6 is 0 Å². The summed E-state index contributed by atoms with van der Waals surface area (Å²) in [6.45, 7) is 0.371. The van der Waals surface area contributed by atoms with Crippen molar-refractivity contribution in [3.8, 4) is 0 Å². The molecule has 1 amide bonds. The molecule has 0 spiro atoms. The number of carbonyl (C=O) groups excluding carboxylic acids is 1. The van der Waals surface area contributed by atoms with Gasteiger partial charge >= 0.3 is 6.18 Å². The van der Waals surface area contributed by atoms with Gasteiger partial charge in [-0.1, -0.05) is 0 Å². The van der Waals surface area contributed by atoms with Gasteiger partial charge in [-0.05, 0) is 31.2 Å². The minimum Gasteiger partial charge on any atom is -0.397 e. The van der Waals surface area contributed by atoms with Gasteiger partial charge in [-0.25, -0.2) is 0 Å². The van der Waals surface area contributed by atoms with Crippen LogP contribution in [0.15, 0.2) is 18.2 Å². The first-order valence-electron chi connectivity index (χ1n) is 5.31. The highest BCUT2D eigenvalue weighted by Gasteiger charge is 2.30. The van der Waals surface area contributed by atoms with E-state index in [4.69, 9.17) is 11.5 Å². The normalized spacial score (nSPS) is 11.3. The van der Waals surface area contributed by atoms with Crippen LogP contribution < -0.4 is 16.8 Å². The van der Waals surface area contributed by atoms with Gasteiger partial charge in [0.1, 0.15) is 0 Å². The molecule has 0 aliphatic carbocycles. The second-order valence-electron chi connectivity index (χ2n) is 3.74. The molecule has 1 rings (SSSR count). The fourth-order valence-electron chi connectivity index (χ4n) is 1.33. The van der Waals surface area contributed by atoms with E-state index >= 15 is 0 Å². The van der Waals surface area contributed by atoms with Crippen LogP contribution in [0.1, 0.15) is 18.4 Å². The van der Waals surface area contributed by atoms with Crippen LogP contribution in [0.4, 0.5) is 24.5 Å². The molecule has 0 aromatic heterocycles. The number of nitrogen functional groups attached to an aromatic ring is 1. The molecular weight excluding hydrogens is 247 g/mol. The standard InChI is InChI=1S/C11H14F3N3O/c12-11(13,14)7-3-4-9(8(16)6-7)17-10(18)2-1-5-15/h3-4,6H,1-2,5,15-16H2,(H,17,18). The Bertz CT molecular complexity index is 432. The van der Waals surface area contributed by atoms with E-state index in [0.29, 0.717) is 13.0 Å². The summed E-state index contributed by atoms with van der Waals surface area (Å²) in [5, 5.41) is 2.44. The Hall–Kier alpha value is -1.76. The van der Waals surface area contributed by atoms with E-state index in [9.17, 15) is 18.0 Å². The Kier molecular flexibility index (Phi) is 4.55. The molecule has 0 saturated carbocycles. The molecule has 0 unspecified atom stereocenters. The van der Waals surface area contributed by atoms with Crippen molar-refractivity contribution in [1.29, 1.82) is 0 Å². The molecule has 18 heavy (non-hydrogen) atoms. The highest BCUT2D eigenvalue weighted by Crippen LogP contribution is 2.32. The van der Waals surface area contributed by atoms with Crippen molar-refractivity contribution in [3.05, 3.63) is 23.8 Å². The molecule has 0 radical (unpaired) electrons. The van der Waals surface area contributed by atoms with E-state index in [1.54, 1.807) is 0 Å². The van der Waals surface area contributed by atoms with Crippen molar-refractivity contribution in [3.63, 3.8) is 0 Å². The Morgan fingerprint density at radius 1 is 1.33 bits per heavy atom. The Morgan fingerprint density at radius 2 is 2.00 bits per heavy atom. The molecule has 7 heteroatoms. The van der Waals surface area contributed by atoms with Gasteiger partial charge < -0.3 is 16.8 Å². The first-order chi connectivity index (χ1) is 8.34. The zero-order chi connectivity index (χ0) is 13.8. The van der Waals surface area contributed by atoms with Crippen molar-refractivity contribution >= 4 is 17.3 Å². The van der Waals surface area contributed by atoms with Crippen LogP contribution in [0.3, 0.4) is 0 Å². The SMILES string of the molecule is NCCCC(=O)Nc1ccc(C(F)(F)F)cc1N. The topological polar surface area (TPSA) is 81.1 Å². The first kappa shape index (κ1) is 14.3. The van der Waals surface area contributed by atoms with Crippen molar-refractivity contribution in [2.45, 2.75) is 19.0 Å². The average molecular weight is 261 g/mol. The lowest BCUT2D eigenvalue weighted by Gasteiger charge is -2.11. The summed E-state index contributed by atoms with van der Waals surface area (Å²) in [4.78, 5) is 11.4. The molecule has 0 aliphatic rings. The molecule has 1 aromatic carbocycles. The molecule has 5 N–H and O–H groups in total. The molecule has 4 nitrogen and oxygen atoms in total. The molecule has 0 saturated heterocycles. The van der Waals surface area contributed by atoms with Crippen molar-refractivity contribution in [2.24, 2.45) is 5.73 Å². The van der Waals surface area contributed by atoms with Crippen molar-refractivity contribution in [2.75, 3.05) is 17.6 Å². The summed E-state index contributed by atoms with van der Waals surface area (Å²) < 4.78 is 37.1. The number of carbonyl (C=O) groups is 1. The number of benzene rings is 1. The maximum atomic E-state index is 12.4. The van der Waals surface area contributed by atoms with E-state index in [-0.39, 0.29) is 23.7 Å². The number of hydrogen-bond donors (Lipinski definition) is 3. The van der Waals surface area contributed by atoms with Gasteiger partial charge in [0.15, 0.2) is 0 Å². The van der Waals surface area contributed by atoms with E-state index in [1.165, 1.54) is 0 Å². The maximum absolute atomic E-state index is 12.4. The lowest BCUT2D eigenvalue weighted by molar-refractivity contribution is -0.137. The fraction of sp³-hybridized carbons (Fsp3) is 0.364. The predicted octanol–water partition coefficient (Wildman–Crippen LogP) is 1.97. The molecule has 1 aromatic rings. The summed E-state index contributed by atoms with van der Waals surface area (Å²) in [6.07, 6.45) is -3.74. The minimum atomic E-state index is -4.45. The Balaban J connectivity index is 2.77. The number of nitrogens with one attached hydrogen (secondary N) is 1. The average Bonchev–Trinajstić information content (AvgIpc) is 2.27. The highest BCUT2D eigenvalue weighted by atomic mass is 19.4. The zero-order valence-corrected chi connectivity index (χ0v) is 9.55. The van der Waals surface area contributed by atoms with Crippen LogP contribution in [-0.2, 0) is 11.0 Å². The number of halogens is 3. The van der Waals surface area contributed by atoms with Gasteiger partial charge in [-0.3, -0.25) is 4.79 Å². The van der Waals surface area contributed by atoms with Crippen LogP contribution in [0.25, 0.3) is 0 Å². The number of rotatable bonds is 4. The smallest absolute Gasteiger partial charge is 0.397 e. The number of amides is 1. The van der Waals surface area contributed by atoms with Crippen molar-refractivity contribution in [1.82, 2.24) is 0 Å². The second kappa shape index (κ2) is 5.72. The quantitative estimate of drug-likeness (QED) is 0.725. The van der Waals surface area contributed by atoms with Gasteiger partial charge in [0, 0.05) is 6.42 Å². The third-order valence-electron chi connectivity index (χ3n) is 2.26. The van der Waals surface area contributed by atoms with E-state index in [1.807, 2.05) is 0 Å². The fourth-order valence-corrected chi connectivity index (χ4v) is 1.33. The Labute approximate surface area is 102 Å². The lowest BCUT2D eigenvalue weighted by Crippen LogP contribution is -2.15. The summed E-state index contributed by atoms with van der Waals surface area (Å²) in [6, 6.07) is 2.80. The van der Waals surface area contributed by atoms with Gasteiger partial charge in [-0.15, -0.1) is 0 Å². The summed E-state index contributed by atoms with van der Waals surface area (Å²) in [7, 11) is 0. The lowest BCUT2D eigenvalue weighted by atomic mass is 10.1. The first-order valence-corrected chi connectivity index (χ1v) is 5.31. The van der Waals surface area contributed by atoms with Gasteiger partial charge in [0.25, 0.3) is 0 Å². The number of hydrogen-bond acceptors (Lipinski definition) is 3. The van der Waals surface area contributed by atoms with Crippen LogP contribution in [0, 0.1) is 0 Å². The molecule has 0 atom stereocenters. The second-order valence-corrected chi connectivity index (χ2v) is 3.74. The molecule has 0 bridgehead atoms. The maximum Gasteiger partial charge on any atom is 0.416 e. The Morgan fingerprint density at radius 3 is 2.50 bits per heavy atom. The van der Waals surface area contributed by atoms with E-state index in [0.717, 1.165) is 18.2 Å². The van der Waals surface area contributed by atoms with E-state index < -0.39 is 11.7 Å². The van der Waals surface area contributed by atoms with Crippen LogP contribution in [-0.4, -0.2) is 12.5 Å². The van der Waals surface area contributed by atoms with E-state index in [2.05, 4.69) is 5.32 Å². The highest BCUT2D eigenvalue weighted by molar-refractivity contribution is 5.93. The molecule has 0 aliphatic heterocycles. The number of alkyl halides is 3. The summed E-state index contributed by atoms with van der Waals surface area (Å²) >= 11 is 0. The van der Waals surface area contributed by atoms with Crippen LogP contribution in [0.5, 0.6) is 0 Å². The largest absolute Gasteiger partial charge is 0.416 e. The number of nitrogens with two attached hydrogens (primary N) is 2. The molecule has 100 valence electrons. The monoisotopic (exact) mass is 261 g/mol. The summed E-state index contributed by atoms with van der Waals surface area (Å²) in [5.74, 6) is -0.327.